The molecule has 1 saturated carbocycles. The summed E-state index contributed by atoms with van der Waals surface area (Å²) in [7, 11) is 0. The predicted molar refractivity (Wildman–Crippen MR) is 58.5 cm³/mol. The van der Waals surface area contributed by atoms with Crippen LogP contribution in [-0.4, -0.2) is 52.4 Å². The van der Waals surface area contributed by atoms with Crippen molar-refractivity contribution in [2.75, 3.05) is 13.1 Å². The van der Waals surface area contributed by atoms with Gasteiger partial charge in [-0.25, -0.2) is 0 Å². The molecule has 1 saturated heterocycles. The minimum Gasteiger partial charge on any atom is -0.388 e. The summed E-state index contributed by atoms with van der Waals surface area (Å²) in [6, 6.07) is 0.235. The Bertz CT molecular complexity index is 254. The Morgan fingerprint density at radius 2 is 1.56 bits per heavy atom. The first-order valence-corrected chi connectivity index (χ1v) is 5.98. The van der Waals surface area contributed by atoms with Crippen molar-refractivity contribution in [3.05, 3.63) is 0 Å². The number of hydrogen-bond donors (Lipinski definition) is 3. The van der Waals surface area contributed by atoms with Gasteiger partial charge in [-0.15, -0.1) is 0 Å². The second-order valence-electron chi connectivity index (χ2n) is 4.99. The van der Waals surface area contributed by atoms with Crippen molar-refractivity contribution in [2.45, 2.75) is 43.9 Å². The van der Waals surface area contributed by atoms with Gasteiger partial charge in [0.2, 0.25) is 5.91 Å². The quantitative estimate of drug-likeness (QED) is 0.541. The number of nitrogens with two attached hydrogens (primary N) is 1. The number of aliphatic hydroxyl groups excluding tert-OH is 2. The van der Waals surface area contributed by atoms with Gasteiger partial charge in [0.1, 0.15) is 0 Å². The lowest BCUT2D eigenvalue weighted by atomic mass is 9.85. The van der Waals surface area contributed by atoms with Gasteiger partial charge in [0.15, 0.2) is 0 Å². The fraction of sp³-hybridized carbons (Fsp3) is 0.909. The van der Waals surface area contributed by atoms with Gasteiger partial charge >= 0.3 is 0 Å². The van der Waals surface area contributed by atoms with Crippen molar-refractivity contribution >= 4 is 5.91 Å². The zero-order chi connectivity index (χ0) is 11.7. The van der Waals surface area contributed by atoms with Crippen LogP contribution >= 0.6 is 0 Å². The molecule has 5 heteroatoms. The maximum absolute atomic E-state index is 12.1. The van der Waals surface area contributed by atoms with Crippen molar-refractivity contribution in [3.8, 4) is 0 Å². The van der Waals surface area contributed by atoms with E-state index in [-0.39, 0.29) is 31.0 Å². The van der Waals surface area contributed by atoms with E-state index < -0.39 is 12.2 Å². The molecule has 0 radical (unpaired) electrons. The molecule has 92 valence electrons. The van der Waals surface area contributed by atoms with Crippen LogP contribution < -0.4 is 5.73 Å². The number of β-amino-alcohol motifs (C(OH)–C–C–N with tert-alkyl or cyclic N) is 2. The third kappa shape index (κ3) is 2.36. The first kappa shape index (κ1) is 11.8. The Morgan fingerprint density at radius 3 is 2.06 bits per heavy atom. The molecule has 2 atom stereocenters. The van der Waals surface area contributed by atoms with Gasteiger partial charge in [-0.2, -0.15) is 0 Å². The van der Waals surface area contributed by atoms with Crippen LogP contribution in [0.15, 0.2) is 0 Å². The van der Waals surface area contributed by atoms with E-state index in [1.54, 1.807) is 4.90 Å². The van der Waals surface area contributed by atoms with Crippen LogP contribution in [0.25, 0.3) is 0 Å². The molecule has 2 fully saturated rings. The summed E-state index contributed by atoms with van der Waals surface area (Å²) in [6.45, 7) is 0.533. The second kappa shape index (κ2) is 4.69. The number of nitrogens with zero attached hydrogens (tertiary/aromatic N) is 1. The average Bonchev–Trinajstić information content (AvgIpc) is 2.59. The Labute approximate surface area is 95.2 Å². The normalized spacial score (nSPS) is 40.1. The Hall–Kier alpha value is -0.650. The number of amides is 1. The van der Waals surface area contributed by atoms with E-state index in [1.807, 2.05) is 0 Å². The van der Waals surface area contributed by atoms with Gasteiger partial charge in [-0.1, -0.05) is 0 Å². The average molecular weight is 228 g/mol. The summed E-state index contributed by atoms with van der Waals surface area (Å²) in [5, 5.41) is 18.8. The molecule has 0 bridgehead atoms. The van der Waals surface area contributed by atoms with E-state index in [9.17, 15) is 15.0 Å². The molecule has 5 nitrogen and oxygen atoms in total. The zero-order valence-corrected chi connectivity index (χ0v) is 9.38. The van der Waals surface area contributed by atoms with Crippen molar-refractivity contribution in [1.82, 2.24) is 4.90 Å². The summed E-state index contributed by atoms with van der Waals surface area (Å²) in [5.74, 6) is 0.111. The maximum atomic E-state index is 12.1. The summed E-state index contributed by atoms with van der Waals surface area (Å²) >= 11 is 0. The van der Waals surface area contributed by atoms with Crippen LogP contribution in [0.1, 0.15) is 25.7 Å². The van der Waals surface area contributed by atoms with E-state index in [4.69, 9.17) is 5.73 Å². The highest BCUT2D eigenvalue weighted by molar-refractivity contribution is 5.79. The topological polar surface area (TPSA) is 86.8 Å². The molecule has 1 amide bonds. The lowest BCUT2D eigenvalue weighted by Crippen LogP contribution is -2.38. The first-order chi connectivity index (χ1) is 7.58. The smallest absolute Gasteiger partial charge is 0.225 e. The second-order valence-corrected chi connectivity index (χ2v) is 4.99. The predicted octanol–water partition coefficient (Wildman–Crippen LogP) is -0.932. The van der Waals surface area contributed by atoms with E-state index in [1.165, 1.54) is 0 Å². The standard InChI is InChI=1S/C11H20N2O3/c12-8-3-1-7(2-4-8)11(16)13-5-9(14)10(15)6-13/h7-10,14-15H,1-6,12H2. The number of rotatable bonds is 1. The Kier molecular flexibility index (Phi) is 3.47. The molecule has 0 aromatic carbocycles. The largest absolute Gasteiger partial charge is 0.388 e. The highest BCUT2D eigenvalue weighted by atomic mass is 16.3. The monoisotopic (exact) mass is 228 g/mol. The lowest BCUT2D eigenvalue weighted by molar-refractivity contribution is -0.136. The molecule has 1 aliphatic heterocycles. The number of likely N-dealkylation sites (tertiary alicyclic amines) is 1. The maximum Gasteiger partial charge on any atom is 0.225 e. The summed E-state index contributed by atoms with van der Waals surface area (Å²) in [6.07, 6.45) is 1.90. The van der Waals surface area contributed by atoms with Crippen LogP contribution in [0, 0.1) is 5.92 Å². The molecule has 16 heavy (non-hydrogen) atoms. The highest BCUT2D eigenvalue weighted by Gasteiger charge is 2.36. The van der Waals surface area contributed by atoms with Crippen molar-refractivity contribution in [3.63, 3.8) is 0 Å². The molecule has 1 heterocycles. The summed E-state index contributed by atoms with van der Waals surface area (Å²) in [4.78, 5) is 13.6. The highest BCUT2D eigenvalue weighted by Crippen LogP contribution is 2.26. The van der Waals surface area contributed by atoms with Crippen molar-refractivity contribution < 1.29 is 15.0 Å². The SMILES string of the molecule is NC1CCC(C(=O)N2CC(O)C(O)C2)CC1. The van der Waals surface area contributed by atoms with Crippen LogP contribution in [0.5, 0.6) is 0 Å². The van der Waals surface area contributed by atoms with Gasteiger partial charge in [-0.3, -0.25) is 4.79 Å². The molecule has 2 unspecified atom stereocenters. The number of aliphatic hydroxyl groups is 2. The molecule has 2 rings (SSSR count). The van der Waals surface area contributed by atoms with Gasteiger partial charge in [0, 0.05) is 25.0 Å². The lowest BCUT2D eigenvalue weighted by Gasteiger charge is -2.28. The fourth-order valence-electron chi connectivity index (χ4n) is 2.57. The van der Waals surface area contributed by atoms with E-state index in [2.05, 4.69) is 0 Å². The van der Waals surface area contributed by atoms with Crippen LogP contribution in [-0.2, 0) is 4.79 Å². The number of carbonyl (C=O) groups is 1. The molecule has 1 aliphatic carbocycles. The van der Waals surface area contributed by atoms with E-state index in [0.717, 1.165) is 25.7 Å². The molecule has 0 spiro atoms. The third-order valence-corrected chi connectivity index (χ3v) is 3.69. The van der Waals surface area contributed by atoms with Gasteiger partial charge in [0.05, 0.1) is 12.2 Å². The minimum atomic E-state index is -0.783. The zero-order valence-electron chi connectivity index (χ0n) is 9.38. The van der Waals surface area contributed by atoms with E-state index >= 15 is 0 Å². The van der Waals surface area contributed by atoms with Crippen molar-refractivity contribution in [1.29, 1.82) is 0 Å². The minimum absolute atomic E-state index is 0.0392. The van der Waals surface area contributed by atoms with Crippen molar-refractivity contribution in [2.24, 2.45) is 11.7 Å². The summed E-state index contributed by atoms with van der Waals surface area (Å²) in [5.41, 5.74) is 5.79. The van der Waals surface area contributed by atoms with Gasteiger partial charge in [0.25, 0.3) is 0 Å². The van der Waals surface area contributed by atoms with E-state index in [0.29, 0.717) is 0 Å². The van der Waals surface area contributed by atoms with Gasteiger partial charge < -0.3 is 20.8 Å². The summed E-state index contributed by atoms with van der Waals surface area (Å²) < 4.78 is 0. The molecular weight excluding hydrogens is 208 g/mol. The van der Waals surface area contributed by atoms with Gasteiger partial charge in [-0.05, 0) is 25.7 Å². The molecule has 0 aromatic heterocycles. The fourth-order valence-corrected chi connectivity index (χ4v) is 2.57. The Morgan fingerprint density at radius 1 is 1.06 bits per heavy atom. The first-order valence-electron chi connectivity index (χ1n) is 5.98. The Balaban J connectivity index is 1.88. The van der Waals surface area contributed by atoms with Crippen LogP contribution in [0.4, 0.5) is 0 Å². The number of carbonyl (C=O) groups excluding carboxylic acids is 1. The van der Waals surface area contributed by atoms with Crippen LogP contribution in [0.3, 0.4) is 0 Å². The molecular formula is C11H20N2O3. The number of hydrogen-bond acceptors (Lipinski definition) is 4. The molecule has 4 N–H and O–H groups in total. The van der Waals surface area contributed by atoms with Crippen LogP contribution in [0.2, 0.25) is 0 Å². The third-order valence-electron chi connectivity index (χ3n) is 3.69. The molecule has 2 aliphatic rings. The molecule has 0 aromatic rings.